The first-order valence-electron chi connectivity index (χ1n) is 11.6. The molecule has 2 aliphatic rings. The molecule has 0 bridgehead atoms. The highest BCUT2D eigenvalue weighted by Gasteiger charge is 2.38. The molecule has 1 saturated heterocycles. The van der Waals surface area contributed by atoms with E-state index in [2.05, 4.69) is 14.9 Å². The summed E-state index contributed by atoms with van der Waals surface area (Å²) in [6.07, 6.45) is 0.671. The average Bonchev–Trinajstić information content (AvgIpc) is 2.86. The third-order valence-corrected chi connectivity index (χ3v) is 6.61. The number of hydrogen-bond acceptors (Lipinski definition) is 7. The van der Waals surface area contributed by atoms with Crippen LogP contribution < -0.4 is 14.5 Å². The summed E-state index contributed by atoms with van der Waals surface area (Å²) in [5.74, 6) is -3.59. The van der Waals surface area contributed by atoms with E-state index < -0.39 is 11.8 Å². The SMILES string of the molecule is COc1nc2c(c(N3CCN(C(=O)C(C)(F)F)CC3)n1)CCN(c1cc(O)cc3ccccc13)C2. The van der Waals surface area contributed by atoms with Crippen LogP contribution in [0.15, 0.2) is 36.4 Å². The summed E-state index contributed by atoms with van der Waals surface area (Å²) in [5.41, 5.74) is 2.74. The first-order chi connectivity index (χ1) is 16.7. The highest BCUT2D eigenvalue weighted by Crippen LogP contribution is 2.36. The molecule has 2 aliphatic heterocycles. The molecule has 0 atom stereocenters. The Kier molecular flexibility index (Phi) is 5.82. The summed E-state index contributed by atoms with van der Waals surface area (Å²) >= 11 is 0. The molecule has 0 radical (unpaired) electrons. The van der Waals surface area contributed by atoms with Gasteiger partial charge in [-0.25, -0.2) is 0 Å². The maximum absolute atomic E-state index is 13.5. The van der Waals surface area contributed by atoms with Gasteiger partial charge in [0, 0.05) is 62.4 Å². The van der Waals surface area contributed by atoms with Crippen LogP contribution in [0.3, 0.4) is 0 Å². The van der Waals surface area contributed by atoms with Crippen LogP contribution in [0.25, 0.3) is 10.8 Å². The molecular weight excluding hydrogens is 456 g/mol. The summed E-state index contributed by atoms with van der Waals surface area (Å²) in [6, 6.07) is 11.7. The summed E-state index contributed by atoms with van der Waals surface area (Å²) in [7, 11) is 1.51. The standard InChI is InChI=1S/C25H27F2N5O3/c1-25(26,27)23(34)31-11-9-30(10-12-31)22-19-7-8-32(15-20(19)28-24(29-22)35-2)21-14-17(33)13-16-5-3-4-6-18(16)21/h3-6,13-14,33H,7-12,15H2,1-2H3. The molecule has 1 N–H and O–H groups in total. The number of rotatable bonds is 4. The van der Waals surface area contributed by atoms with E-state index in [9.17, 15) is 18.7 Å². The van der Waals surface area contributed by atoms with Crippen LogP contribution in [-0.4, -0.2) is 71.6 Å². The second-order valence-corrected chi connectivity index (χ2v) is 8.98. The van der Waals surface area contributed by atoms with E-state index in [0.29, 0.717) is 39.5 Å². The molecule has 1 aromatic heterocycles. The fraction of sp³-hybridized carbons (Fsp3) is 0.400. The highest BCUT2D eigenvalue weighted by molar-refractivity contribution is 5.95. The number of methoxy groups -OCH3 is 1. The van der Waals surface area contributed by atoms with Gasteiger partial charge in [-0.1, -0.05) is 24.3 Å². The lowest BCUT2D eigenvalue weighted by atomic mass is 10.0. The summed E-state index contributed by atoms with van der Waals surface area (Å²) in [5, 5.41) is 12.3. The smallest absolute Gasteiger partial charge is 0.322 e. The van der Waals surface area contributed by atoms with Crippen molar-refractivity contribution in [2.24, 2.45) is 0 Å². The molecule has 0 spiro atoms. The number of benzene rings is 2. The van der Waals surface area contributed by atoms with Gasteiger partial charge in [-0.15, -0.1) is 0 Å². The zero-order chi connectivity index (χ0) is 24.7. The van der Waals surface area contributed by atoms with Crippen molar-refractivity contribution >= 4 is 28.2 Å². The fourth-order valence-electron chi connectivity index (χ4n) is 4.88. The van der Waals surface area contributed by atoms with Crippen molar-refractivity contribution in [2.75, 3.05) is 49.6 Å². The van der Waals surface area contributed by atoms with E-state index in [1.54, 1.807) is 12.1 Å². The number of anilines is 2. The predicted octanol–water partition coefficient (Wildman–Crippen LogP) is 3.21. The van der Waals surface area contributed by atoms with Crippen LogP contribution in [0, 0.1) is 0 Å². The number of piperazine rings is 1. The van der Waals surface area contributed by atoms with Crippen LogP contribution >= 0.6 is 0 Å². The molecular formula is C25H27F2N5O3. The average molecular weight is 484 g/mol. The Labute approximate surface area is 201 Å². The van der Waals surface area contributed by atoms with Crippen LogP contribution in [0.4, 0.5) is 20.3 Å². The lowest BCUT2D eigenvalue weighted by Crippen LogP contribution is -2.53. The Morgan fingerprint density at radius 1 is 1.06 bits per heavy atom. The quantitative estimate of drug-likeness (QED) is 0.610. The molecule has 184 valence electrons. The number of alkyl halides is 2. The molecule has 5 rings (SSSR count). The first-order valence-corrected chi connectivity index (χ1v) is 11.6. The number of ether oxygens (including phenoxy) is 1. The van der Waals surface area contributed by atoms with Crippen LogP contribution in [0.5, 0.6) is 11.8 Å². The van der Waals surface area contributed by atoms with Crippen LogP contribution in [-0.2, 0) is 17.8 Å². The number of phenolic OH excluding ortho intramolecular Hbond substituents is 1. The maximum Gasteiger partial charge on any atom is 0.322 e. The third kappa shape index (κ3) is 4.40. The maximum atomic E-state index is 13.5. The van der Waals surface area contributed by atoms with E-state index in [-0.39, 0.29) is 24.8 Å². The second kappa shape index (κ2) is 8.83. The van der Waals surface area contributed by atoms with Gasteiger partial charge in [-0.05, 0) is 17.9 Å². The molecule has 0 aliphatic carbocycles. The Hall–Kier alpha value is -3.69. The predicted molar refractivity (Wildman–Crippen MR) is 128 cm³/mol. The van der Waals surface area contributed by atoms with Gasteiger partial charge >= 0.3 is 11.9 Å². The zero-order valence-electron chi connectivity index (χ0n) is 19.7. The van der Waals surface area contributed by atoms with Crippen molar-refractivity contribution in [1.82, 2.24) is 14.9 Å². The zero-order valence-corrected chi connectivity index (χ0v) is 19.7. The highest BCUT2D eigenvalue weighted by atomic mass is 19.3. The summed E-state index contributed by atoms with van der Waals surface area (Å²) < 4.78 is 32.3. The van der Waals surface area contributed by atoms with E-state index in [1.165, 1.54) is 12.0 Å². The normalized spacial score (nSPS) is 16.4. The minimum atomic E-state index is -3.38. The molecule has 0 saturated carbocycles. The number of aromatic nitrogens is 2. The van der Waals surface area contributed by atoms with Crippen LogP contribution in [0.2, 0.25) is 0 Å². The number of phenols is 1. The van der Waals surface area contributed by atoms with Crippen molar-refractivity contribution < 1.29 is 23.4 Å². The van der Waals surface area contributed by atoms with Gasteiger partial charge in [0.2, 0.25) is 0 Å². The second-order valence-electron chi connectivity index (χ2n) is 8.98. The van der Waals surface area contributed by atoms with E-state index in [1.807, 2.05) is 29.2 Å². The monoisotopic (exact) mass is 483 g/mol. The largest absolute Gasteiger partial charge is 0.508 e. The number of amides is 1. The molecule has 3 aromatic rings. The van der Waals surface area contributed by atoms with Gasteiger partial charge in [0.1, 0.15) is 11.6 Å². The molecule has 2 aromatic carbocycles. The molecule has 35 heavy (non-hydrogen) atoms. The molecule has 0 unspecified atom stereocenters. The lowest BCUT2D eigenvalue weighted by molar-refractivity contribution is -0.155. The Balaban J connectivity index is 1.43. The van der Waals surface area contributed by atoms with Gasteiger partial charge in [-0.3, -0.25) is 4.79 Å². The number of nitrogens with zero attached hydrogens (tertiary/aromatic N) is 5. The Morgan fingerprint density at radius 3 is 2.51 bits per heavy atom. The Morgan fingerprint density at radius 2 is 1.80 bits per heavy atom. The van der Waals surface area contributed by atoms with Gasteiger partial charge in [0.05, 0.1) is 19.3 Å². The molecule has 3 heterocycles. The number of fused-ring (bicyclic) bond motifs is 2. The van der Waals surface area contributed by atoms with E-state index >= 15 is 0 Å². The van der Waals surface area contributed by atoms with Crippen molar-refractivity contribution in [1.29, 1.82) is 0 Å². The van der Waals surface area contributed by atoms with Crippen molar-refractivity contribution in [3.8, 4) is 11.8 Å². The van der Waals surface area contributed by atoms with Gasteiger partial charge in [-0.2, -0.15) is 18.7 Å². The minimum absolute atomic E-state index is 0.199. The molecule has 1 amide bonds. The molecule has 10 heteroatoms. The van der Waals surface area contributed by atoms with E-state index in [4.69, 9.17) is 4.74 Å². The van der Waals surface area contributed by atoms with Crippen molar-refractivity contribution in [2.45, 2.75) is 25.8 Å². The number of hydrogen-bond donors (Lipinski definition) is 1. The Bertz CT molecular complexity index is 1270. The van der Waals surface area contributed by atoms with Gasteiger partial charge in [0.15, 0.2) is 0 Å². The number of halogens is 2. The molecule has 1 fully saturated rings. The van der Waals surface area contributed by atoms with Crippen molar-refractivity contribution in [3.05, 3.63) is 47.7 Å². The summed E-state index contributed by atoms with van der Waals surface area (Å²) in [6.45, 7) is 3.04. The first kappa shape index (κ1) is 23.1. The number of carbonyl (C=O) groups excluding carboxylic acids is 1. The fourth-order valence-corrected chi connectivity index (χ4v) is 4.88. The summed E-state index contributed by atoms with van der Waals surface area (Å²) in [4.78, 5) is 26.6. The van der Waals surface area contributed by atoms with Crippen molar-refractivity contribution in [3.63, 3.8) is 0 Å². The van der Waals surface area contributed by atoms with Gasteiger partial charge < -0.3 is 24.5 Å². The minimum Gasteiger partial charge on any atom is -0.508 e. The topological polar surface area (TPSA) is 82.0 Å². The van der Waals surface area contributed by atoms with Gasteiger partial charge in [0.25, 0.3) is 5.91 Å². The van der Waals surface area contributed by atoms with Crippen LogP contribution in [0.1, 0.15) is 18.2 Å². The third-order valence-electron chi connectivity index (χ3n) is 6.61. The lowest BCUT2D eigenvalue weighted by Gasteiger charge is -2.38. The van der Waals surface area contributed by atoms with E-state index in [0.717, 1.165) is 33.5 Å². The molecule has 8 nitrogen and oxygen atoms in total. The number of aromatic hydroxyl groups is 1. The number of carbonyl (C=O) groups is 1.